The van der Waals surface area contributed by atoms with Gasteiger partial charge >= 0.3 is 0 Å². The number of hydrogen-bond acceptors (Lipinski definition) is 5. The molecule has 1 heterocycles. The van der Waals surface area contributed by atoms with Crippen molar-refractivity contribution in [3.63, 3.8) is 0 Å². The Kier molecular flexibility index (Phi) is 2.85. The monoisotopic (exact) mass is 175 g/mol. The first kappa shape index (κ1) is 9.24. The van der Waals surface area contributed by atoms with E-state index < -0.39 is 24.5 Å². The SMILES string of the molecule is [N-]=[N+]=N[C@H]1OC[C@@H](O)[C@H](O)[C@H]1O. The first-order valence-electron chi connectivity index (χ1n) is 3.37. The van der Waals surface area contributed by atoms with Gasteiger partial charge in [0, 0.05) is 4.91 Å². The van der Waals surface area contributed by atoms with Gasteiger partial charge in [0.25, 0.3) is 0 Å². The molecule has 0 saturated carbocycles. The fraction of sp³-hybridized carbons (Fsp3) is 1.00. The minimum absolute atomic E-state index is 0.151. The van der Waals surface area contributed by atoms with E-state index >= 15 is 0 Å². The fourth-order valence-corrected chi connectivity index (χ4v) is 0.943. The van der Waals surface area contributed by atoms with Crippen LogP contribution < -0.4 is 0 Å². The van der Waals surface area contributed by atoms with E-state index in [-0.39, 0.29) is 6.61 Å². The third-order valence-corrected chi connectivity index (χ3v) is 1.64. The van der Waals surface area contributed by atoms with Crippen LogP contribution in [0, 0.1) is 0 Å². The lowest BCUT2D eigenvalue weighted by atomic mass is 10.1. The Hall–Kier alpha value is -0.850. The summed E-state index contributed by atoms with van der Waals surface area (Å²) in [5.41, 5.74) is 8.01. The molecular weight excluding hydrogens is 166 g/mol. The Morgan fingerprint density at radius 1 is 1.33 bits per heavy atom. The number of rotatable bonds is 1. The van der Waals surface area contributed by atoms with Crippen LogP contribution in [0.3, 0.4) is 0 Å². The minimum atomic E-state index is -1.37. The summed E-state index contributed by atoms with van der Waals surface area (Å²) in [6.45, 7) is -0.151. The normalized spacial score (nSPS) is 41.9. The smallest absolute Gasteiger partial charge is 0.165 e. The molecule has 3 N–H and O–H groups in total. The third kappa shape index (κ3) is 1.66. The molecule has 0 spiro atoms. The lowest BCUT2D eigenvalue weighted by molar-refractivity contribution is -0.184. The van der Waals surface area contributed by atoms with Crippen molar-refractivity contribution in [2.24, 2.45) is 5.11 Å². The molecule has 0 aromatic heterocycles. The van der Waals surface area contributed by atoms with Crippen LogP contribution in [0.2, 0.25) is 0 Å². The molecule has 0 aromatic carbocycles. The summed E-state index contributed by atoms with van der Waals surface area (Å²) in [5, 5.41) is 30.3. The van der Waals surface area contributed by atoms with Crippen LogP contribution in [-0.2, 0) is 4.74 Å². The number of aliphatic hydroxyl groups is 3. The van der Waals surface area contributed by atoms with Crippen molar-refractivity contribution in [2.45, 2.75) is 24.5 Å². The Bertz CT molecular complexity index is 205. The van der Waals surface area contributed by atoms with Crippen molar-refractivity contribution in [2.75, 3.05) is 6.61 Å². The predicted octanol–water partition coefficient (Wildman–Crippen LogP) is -1.26. The van der Waals surface area contributed by atoms with Crippen LogP contribution in [-0.4, -0.2) is 46.5 Å². The Morgan fingerprint density at radius 3 is 2.58 bits per heavy atom. The standard InChI is InChI=1S/C5H9N3O4/c6-8-7-5-4(11)3(10)2(9)1-12-5/h2-5,9-11H,1H2/t2-,3+,4-,5+/m1/s1. The Balaban J connectivity index is 2.64. The van der Waals surface area contributed by atoms with E-state index in [9.17, 15) is 0 Å². The summed E-state index contributed by atoms with van der Waals surface area (Å²) in [4.78, 5) is 2.42. The molecule has 68 valence electrons. The van der Waals surface area contributed by atoms with Crippen LogP contribution in [0.15, 0.2) is 5.11 Å². The van der Waals surface area contributed by atoms with Crippen molar-refractivity contribution in [3.05, 3.63) is 10.4 Å². The number of aliphatic hydroxyl groups excluding tert-OH is 3. The molecule has 1 fully saturated rings. The van der Waals surface area contributed by atoms with E-state index in [2.05, 4.69) is 10.0 Å². The first-order chi connectivity index (χ1) is 5.66. The molecule has 12 heavy (non-hydrogen) atoms. The summed E-state index contributed by atoms with van der Waals surface area (Å²) in [6, 6.07) is 0. The van der Waals surface area contributed by atoms with Gasteiger partial charge in [0.2, 0.25) is 0 Å². The molecule has 0 radical (unpaired) electrons. The lowest BCUT2D eigenvalue weighted by Gasteiger charge is -2.32. The van der Waals surface area contributed by atoms with Gasteiger partial charge in [-0.1, -0.05) is 5.11 Å². The highest BCUT2D eigenvalue weighted by Crippen LogP contribution is 2.16. The topological polar surface area (TPSA) is 119 Å². The molecule has 0 amide bonds. The molecule has 1 aliphatic rings. The van der Waals surface area contributed by atoms with E-state index in [0.717, 1.165) is 0 Å². The van der Waals surface area contributed by atoms with E-state index in [0.29, 0.717) is 0 Å². The van der Waals surface area contributed by atoms with Crippen LogP contribution >= 0.6 is 0 Å². The van der Waals surface area contributed by atoms with Crippen molar-refractivity contribution in [3.8, 4) is 0 Å². The van der Waals surface area contributed by atoms with E-state index in [4.69, 9.17) is 25.6 Å². The van der Waals surface area contributed by atoms with Crippen molar-refractivity contribution >= 4 is 0 Å². The number of ether oxygens (including phenoxy) is 1. The molecule has 0 unspecified atom stereocenters. The van der Waals surface area contributed by atoms with E-state index in [1.165, 1.54) is 0 Å². The first-order valence-corrected chi connectivity index (χ1v) is 3.37. The molecule has 0 bridgehead atoms. The maximum absolute atomic E-state index is 9.14. The average Bonchev–Trinajstić information content (AvgIpc) is 2.07. The van der Waals surface area contributed by atoms with Gasteiger partial charge in [0.15, 0.2) is 6.23 Å². The molecule has 4 atom stereocenters. The van der Waals surface area contributed by atoms with E-state index in [1.807, 2.05) is 0 Å². The van der Waals surface area contributed by atoms with Crippen molar-refractivity contribution < 1.29 is 20.1 Å². The number of hydrogen-bond donors (Lipinski definition) is 3. The highest BCUT2D eigenvalue weighted by Gasteiger charge is 2.36. The van der Waals surface area contributed by atoms with Crippen molar-refractivity contribution in [1.82, 2.24) is 0 Å². The molecule has 1 saturated heterocycles. The van der Waals surface area contributed by atoms with Crippen LogP contribution in [0.4, 0.5) is 0 Å². The Morgan fingerprint density at radius 2 is 2.00 bits per heavy atom. The second kappa shape index (κ2) is 3.70. The summed E-state index contributed by atoms with van der Waals surface area (Å²) in [6.07, 6.45) is -4.95. The van der Waals surface area contributed by atoms with Gasteiger partial charge in [-0.05, 0) is 5.53 Å². The average molecular weight is 175 g/mol. The molecular formula is C5H9N3O4. The predicted molar refractivity (Wildman–Crippen MR) is 36.9 cm³/mol. The highest BCUT2D eigenvalue weighted by atomic mass is 16.5. The third-order valence-electron chi connectivity index (χ3n) is 1.64. The van der Waals surface area contributed by atoms with Gasteiger partial charge in [-0.15, -0.1) is 0 Å². The summed E-state index contributed by atoms with van der Waals surface area (Å²) in [5.74, 6) is 0. The molecule has 1 aliphatic heterocycles. The van der Waals surface area contributed by atoms with Crippen molar-refractivity contribution in [1.29, 1.82) is 0 Å². The molecule has 0 aromatic rings. The quantitative estimate of drug-likeness (QED) is 0.261. The second-order valence-corrected chi connectivity index (χ2v) is 2.48. The summed E-state index contributed by atoms with van der Waals surface area (Å²) < 4.78 is 4.73. The van der Waals surface area contributed by atoms with Gasteiger partial charge in [-0.2, -0.15) is 0 Å². The van der Waals surface area contributed by atoms with Crippen LogP contribution in [0.5, 0.6) is 0 Å². The zero-order chi connectivity index (χ0) is 9.14. The zero-order valence-electron chi connectivity index (χ0n) is 6.11. The van der Waals surface area contributed by atoms with Gasteiger partial charge < -0.3 is 20.1 Å². The maximum Gasteiger partial charge on any atom is 0.165 e. The summed E-state index contributed by atoms with van der Waals surface area (Å²) >= 11 is 0. The van der Waals surface area contributed by atoms with Crippen LogP contribution in [0.25, 0.3) is 10.4 Å². The Labute approximate surface area is 67.8 Å². The maximum atomic E-state index is 9.14. The van der Waals surface area contributed by atoms with Gasteiger partial charge in [-0.25, -0.2) is 0 Å². The summed E-state index contributed by atoms with van der Waals surface area (Å²) in [7, 11) is 0. The van der Waals surface area contributed by atoms with Gasteiger partial charge in [0.1, 0.15) is 18.3 Å². The van der Waals surface area contributed by atoms with E-state index in [1.54, 1.807) is 0 Å². The van der Waals surface area contributed by atoms with Crippen LogP contribution in [0.1, 0.15) is 0 Å². The van der Waals surface area contributed by atoms with Gasteiger partial charge in [-0.3, -0.25) is 0 Å². The molecule has 7 nitrogen and oxygen atoms in total. The molecule has 7 heteroatoms. The van der Waals surface area contributed by atoms with Gasteiger partial charge in [0.05, 0.1) is 6.61 Å². The lowest BCUT2D eigenvalue weighted by Crippen LogP contribution is -2.51. The second-order valence-electron chi connectivity index (χ2n) is 2.48. The molecule has 0 aliphatic carbocycles. The zero-order valence-corrected chi connectivity index (χ0v) is 6.11. The molecule has 1 rings (SSSR count). The fourth-order valence-electron chi connectivity index (χ4n) is 0.943. The number of azide groups is 1. The highest BCUT2D eigenvalue weighted by molar-refractivity contribution is 4.85. The number of nitrogens with zero attached hydrogens (tertiary/aromatic N) is 3. The minimum Gasteiger partial charge on any atom is -0.388 e. The largest absolute Gasteiger partial charge is 0.388 e.